The summed E-state index contributed by atoms with van der Waals surface area (Å²) in [5.74, 6) is 0.378. The van der Waals surface area contributed by atoms with Gasteiger partial charge in [-0.05, 0) is 51.3 Å². The van der Waals surface area contributed by atoms with E-state index in [4.69, 9.17) is 11.6 Å². The molecule has 1 saturated heterocycles. The number of piperidine rings is 1. The van der Waals surface area contributed by atoms with Gasteiger partial charge in [0.15, 0.2) is 0 Å². The lowest BCUT2D eigenvalue weighted by molar-refractivity contribution is 0.0918. The molecular formula is C15H22ClN3O. The Labute approximate surface area is 125 Å². The molecule has 1 aromatic rings. The first-order valence-electron chi connectivity index (χ1n) is 7.20. The molecule has 0 bridgehead atoms. The van der Waals surface area contributed by atoms with Crippen molar-refractivity contribution < 1.29 is 4.79 Å². The molecule has 0 aliphatic carbocycles. The minimum absolute atomic E-state index is 0.144. The second kappa shape index (κ2) is 7.04. The molecule has 1 atom stereocenters. The molecular weight excluding hydrogens is 274 g/mol. The Hall–Kier alpha value is -1.13. The number of hydrogen-bond acceptors (Lipinski definition) is 3. The molecule has 1 N–H and O–H groups in total. The van der Waals surface area contributed by atoms with E-state index in [9.17, 15) is 4.79 Å². The van der Waals surface area contributed by atoms with Crippen molar-refractivity contribution in [3.05, 3.63) is 29.0 Å². The Morgan fingerprint density at radius 2 is 2.40 bits per heavy atom. The van der Waals surface area contributed by atoms with Crippen molar-refractivity contribution in [2.45, 2.75) is 32.7 Å². The van der Waals surface area contributed by atoms with Crippen molar-refractivity contribution in [1.82, 2.24) is 15.2 Å². The first kappa shape index (κ1) is 15.3. The molecule has 0 spiro atoms. The molecule has 0 radical (unpaired) electrons. The third-order valence-corrected chi connectivity index (χ3v) is 4.02. The van der Waals surface area contributed by atoms with Crippen LogP contribution in [0, 0.1) is 5.92 Å². The average Bonchev–Trinajstić information content (AvgIpc) is 2.45. The Bertz CT molecular complexity index is 464. The molecule has 1 fully saturated rings. The summed E-state index contributed by atoms with van der Waals surface area (Å²) in [7, 11) is 0. The number of nitrogens with one attached hydrogen (secondary N) is 1. The molecule has 2 rings (SSSR count). The van der Waals surface area contributed by atoms with Crippen LogP contribution in [0.15, 0.2) is 18.3 Å². The topological polar surface area (TPSA) is 45.2 Å². The molecule has 0 saturated carbocycles. The van der Waals surface area contributed by atoms with Crippen molar-refractivity contribution >= 4 is 17.5 Å². The third-order valence-electron chi connectivity index (χ3n) is 3.79. The summed E-state index contributed by atoms with van der Waals surface area (Å²) in [6, 6.07) is 3.83. The van der Waals surface area contributed by atoms with Crippen LogP contribution in [-0.2, 0) is 0 Å². The average molecular weight is 296 g/mol. The van der Waals surface area contributed by atoms with Crippen molar-refractivity contribution in [2.24, 2.45) is 5.92 Å². The van der Waals surface area contributed by atoms with E-state index in [1.807, 2.05) is 0 Å². The van der Waals surface area contributed by atoms with E-state index in [-0.39, 0.29) is 5.91 Å². The lowest BCUT2D eigenvalue weighted by Gasteiger charge is -2.35. The lowest BCUT2D eigenvalue weighted by Crippen LogP contribution is -2.43. The van der Waals surface area contributed by atoms with Crippen LogP contribution >= 0.6 is 11.6 Å². The van der Waals surface area contributed by atoms with E-state index < -0.39 is 0 Å². The summed E-state index contributed by atoms with van der Waals surface area (Å²) < 4.78 is 0. The zero-order valence-electron chi connectivity index (χ0n) is 12.1. The van der Waals surface area contributed by atoms with Crippen molar-refractivity contribution in [3.63, 3.8) is 0 Å². The first-order valence-corrected chi connectivity index (χ1v) is 7.58. The quantitative estimate of drug-likeness (QED) is 0.928. The zero-order chi connectivity index (χ0) is 14.5. The fourth-order valence-corrected chi connectivity index (χ4v) is 2.75. The summed E-state index contributed by atoms with van der Waals surface area (Å²) in [5, 5.41) is 3.50. The maximum atomic E-state index is 12.0. The Kier molecular flexibility index (Phi) is 5.38. The number of amides is 1. The van der Waals surface area contributed by atoms with Gasteiger partial charge in [0.2, 0.25) is 0 Å². The first-order chi connectivity index (χ1) is 9.56. The highest BCUT2D eigenvalue weighted by Crippen LogP contribution is 2.17. The van der Waals surface area contributed by atoms with Gasteiger partial charge in [-0.2, -0.15) is 0 Å². The molecule has 2 heterocycles. The SMILES string of the molecule is CC(C)N1CCC[C@H](CNC(=O)c2cc(Cl)ccn2)C1. The van der Waals surface area contributed by atoms with Gasteiger partial charge in [0.25, 0.3) is 5.91 Å². The van der Waals surface area contributed by atoms with Crippen LogP contribution in [0.25, 0.3) is 0 Å². The minimum Gasteiger partial charge on any atom is -0.350 e. The predicted molar refractivity (Wildman–Crippen MR) is 81.0 cm³/mol. The van der Waals surface area contributed by atoms with Gasteiger partial charge in [-0.25, -0.2) is 0 Å². The summed E-state index contributed by atoms with van der Waals surface area (Å²) >= 11 is 5.87. The van der Waals surface area contributed by atoms with E-state index in [1.54, 1.807) is 18.3 Å². The van der Waals surface area contributed by atoms with Gasteiger partial charge in [0.05, 0.1) is 0 Å². The van der Waals surface area contributed by atoms with Crippen LogP contribution in [0.3, 0.4) is 0 Å². The van der Waals surface area contributed by atoms with E-state index >= 15 is 0 Å². The Morgan fingerprint density at radius 1 is 1.60 bits per heavy atom. The van der Waals surface area contributed by atoms with Gasteiger partial charge < -0.3 is 10.2 Å². The number of aromatic nitrogens is 1. The monoisotopic (exact) mass is 295 g/mol. The number of pyridine rings is 1. The maximum absolute atomic E-state index is 12.0. The van der Waals surface area contributed by atoms with Crippen LogP contribution < -0.4 is 5.32 Å². The standard InChI is InChI=1S/C15H22ClN3O/c1-11(2)19-7-3-4-12(10-19)9-18-15(20)14-8-13(16)5-6-17-14/h5-6,8,11-12H,3-4,7,9-10H2,1-2H3,(H,18,20)/t12-/m1/s1. The molecule has 1 aliphatic heterocycles. The highest BCUT2D eigenvalue weighted by molar-refractivity contribution is 6.30. The smallest absolute Gasteiger partial charge is 0.269 e. The summed E-state index contributed by atoms with van der Waals surface area (Å²) in [4.78, 5) is 18.5. The highest BCUT2D eigenvalue weighted by atomic mass is 35.5. The van der Waals surface area contributed by atoms with Crippen molar-refractivity contribution in [3.8, 4) is 0 Å². The van der Waals surface area contributed by atoms with Crippen molar-refractivity contribution in [2.75, 3.05) is 19.6 Å². The second-order valence-electron chi connectivity index (χ2n) is 5.67. The van der Waals surface area contributed by atoms with Crippen LogP contribution in [0.1, 0.15) is 37.2 Å². The van der Waals surface area contributed by atoms with E-state index in [0.29, 0.717) is 29.2 Å². The third kappa shape index (κ3) is 4.18. The fourth-order valence-electron chi connectivity index (χ4n) is 2.59. The number of rotatable bonds is 4. The number of nitrogens with zero attached hydrogens (tertiary/aromatic N) is 2. The highest BCUT2D eigenvalue weighted by Gasteiger charge is 2.22. The molecule has 4 nitrogen and oxygen atoms in total. The molecule has 1 aromatic heterocycles. The van der Waals surface area contributed by atoms with E-state index in [1.165, 1.54) is 12.8 Å². The number of likely N-dealkylation sites (tertiary alicyclic amines) is 1. The van der Waals surface area contributed by atoms with Gasteiger partial charge in [0.1, 0.15) is 5.69 Å². The van der Waals surface area contributed by atoms with Crippen LogP contribution in [-0.4, -0.2) is 41.5 Å². The summed E-state index contributed by atoms with van der Waals surface area (Å²) in [6.07, 6.45) is 3.93. The maximum Gasteiger partial charge on any atom is 0.269 e. The van der Waals surface area contributed by atoms with Gasteiger partial charge >= 0.3 is 0 Å². The number of halogens is 1. The largest absolute Gasteiger partial charge is 0.350 e. The number of carbonyl (C=O) groups excluding carboxylic acids is 1. The normalized spacial score (nSPS) is 20.1. The van der Waals surface area contributed by atoms with Crippen LogP contribution in [0.4, 0.5) is 0 Å². The summed E-state index contributed by atoms with van der Waals surface area (Å²) in [5.41, 5.74) is 0.383. The van der Waals surface area contributed by atoms with Crippen LogP contribution in [0.2, 0.25) is 5.02 Å². The van der Waals surface area contributed by atoms with Gasteiger partial charge in [-0.15, -0.1) is 0 Å². The Morgan fingerprint density at radius 3 is 3.10 bits per heavy atom. The molecule has 0 unspecified atom stereocenters. The Balaban J connectivity index is 1.84. The van der Waals surface area contributed by atoms with Gasteiger partial charge in [-0.3, -0.25) is 9.78 Å². The number of carbonyl (C=O) groups is 1. The molecule has 5 heteroatoms. The van der Waals surface area contributed by atoms with Gasteiger partial charge in [0, 0.05) is 30.4 Å². The second-order valence-corrected chi connectivity index (χ2v) is 6.10. The fraction of sp³-hybridized carbons (Fsp3) is 0.600. The van der Waals surface area contributed by atoms with Crippen LogP contribution in [0.5, 0.6) is 0 Å². The lowest BCUT2D eigenvalue weighted by atomic mass is 9.97. The van der Waals surface area contributed by atoms with E-state index in [0.717, 1.165) is 13.1 Å². The zero-order valence-corrected chi connectivity index (χ0v) is 12.9. The van der Waals surface area contributed by atoms with Crippen molar-refractivity contribution in [1.29, 1.82) is 0 Å². The predicted octanol–water partition coefficient (Wildman–Crippen LogP) is 2.59. The summed E-state index contributed by atoms with van der Waals surface area (Å²) in [6.45, 7) is 7.36. The molecule has 1 aliphatic rings. The van der Waals surface area contributed by atoms with Gasteiger partial charge in [-0.1, -0.05) is 11.6 Å². The number of hydrogen-bond donors (Lipinski definition) is 1. The molecule has 0 aromatic carbocycles. The molecule has 20 heavy (non-hydrogen) atoms. The van der Waals surface area contributed by atoms with E-state index in [2.05, 4.69) is 29.0 Å². The molecule has 1 amide bonds. The molecule has 110 valence electrons. The minimum atomic E-state index is -0.144.